The van der Waals surface area contributed by atoms with Crippen molar-refractivity contribution in [2.45, 2.75) is 32.6 Å². The fourth-order valence-corrected chi connectivity index (χ4v) is 3.86. The van der Waals surface area contributed by atoms with Gasteiger partial charge in [0, 0.05) is 30.3 Å². The summed E-state index contributed by atoms with van der Waals surface area (Å²) in [5.41, 5.74) is 1.03. The average molecular weight is 323 g/mol. The predicted octanol–water partition coefficient (Wildman–Crippen LogP) is 3.71. The number of ether oxygens (including phenoxy) is 2. The Bertz CT molecular complexity index is 539. The summed E-state index contributed by atoms with van der Waals surface area (Å²) in [7, 11) is 3.29. The van der Waals surface area contributed by atoms with Gasteiger partial charge in [0.15, 0.2) is 0 Å². The van der Waals surface area contributed by atoms with Crippen LogP contribution < -0.4 is 9.47 Å². The van der Waals surface area contributed by atoms with E-state index in [0.717, 1.165) is 29.4 Å². The van der Waals surface area contributed by atoms with Crippen LogP contribution in [-0.4, -0.2) is 37.3 Å². The highest BCUT2D eigenvalue weighted by Crippen LogP contribution is 2.43. The largest absolute Gasteiger partial charge is 0.497 e. The summed E-state index contributed by atoms with van der Waals surface area (Å²) in [5, 5.41) is 0.0238. The molecule has 0 N–H and O–H groups in total. The molecule has 2 rings (SSSR count). The lowest BCUT2D eigenvalue weighted by molar-refractivity contribution is -0.133. The molecule has 0 aliphatic carbocycles. The molecule has 1 aliphatic heterocycles. The van der Waals surface area contributed by atoms with Crippen molar-refractivity contribution in [2.75, 3.05) is 26.5 Å². The molecule has 4 nitrogen and oxygen atoms in total. The Balaban J connectivity index is 2.25. The number of benzene rings is 1. The predicted molar refractivity (Wildman–Crippen MR) is 90.5 cm³/mol. The summed E-state index contributed by atoms with van der Waals surface area (Å²) >= 11 is 1.79. The summed E-state index contributed by atoms with van der Waals surface area (Å²) in [6, 6.07) is 5.79. The quantitative estimate of drug-likeness (QED) is 0.846. The van der Waals surface area contributed by atoms with E-state index in [9.17, 15) is 4.79 Å². The Morgan fingerprint density at radius 3 is 2.64 bits per heavy atom. The van der Waals surface area contributed by atoms with Gasteiger partial charge < -0.3 is 14.4 Å². The molecule has 1 aromatic rings. The Kier molecular flexibility index (Phi) is 5.27. The topological polar surface area (TPSA) is 38.8 Å². The van der Waals surface area contributed by atoms with E-state index in [0.29, 0.717) is 6.42 Å². The third-order valence-corrected chi connectivity index (χ3v) is 4.84. The molecule has 5 heteroatoms. The zero-order chi connectivity index (χ0) is 16.3. The lowest BCUT2D eigenvalue weighted by atomic mass is 9.91. The van der Waals surface area contributed by atoms with E-state index in [-0.39, 0.29) is 16.7 Å². The number of hydrogen-bond acceptors (Lipinski definition) is 4. The van der Waals surface area contributed by atoms with E-state index < -0.39 is 0 Å². The molecule has 122 valence electrons. The second kappa shape index (κ2) is 6.82. The fourth-order valence-electron chi connectivity index (χ4n) is 2.56. The normalized spacial score (nSPS) is 18.4. The number of carbonyl (C=O) groups excluding carboxylic acids is 1. The standard InChI is InChI=1S/C17H25NO3S/c1-17(2,3)11-15(19)18-8-9-22-16(18)13-7-6-12(20-4)10-14(13)21-5/h6-7,10,16H,8-9,11H2,1-5H3/t16-/m0/s1. The SMILES string of the molecule is COc1ccc([C@@H]2SCCN2C(=O)CC(C)(C)C)c(OC)c1. The van der Waals surface area contributed by atoms with E-state index in [2.05, 4.69) is 20.8 Å². The fraction of sp³-hybridized carbons (Fsp3) is 0.588. The smallest absolute Gasteiger partial charge is 0.224 e. The van der Waals surface area contributed by atoms with Crippen LogP contribution in [0.4, 0.5) is 0 Å². The first-order chi connectivity index (χ1) is 10.4. The molecule has 22 heavy (non-hydrogen) atoms. The van der Waals surface area contributed by atoms with Crippen LogP contribution in [0.3, 0.4) is 0 Å². The van der Waals surface area contributed by atoms with Gasteiger partial charge in [0.2, 0.25) is 5.91 Å². The molecule has 0 radical (unpaired) electrons. The van der Waals surface area contributed by atoms with Gasteiger partial charge >= 0.3 is 0 Å². The van der Waals surface area contributed by atoms with Gasteiger partial charge in [-0.3, -0.25) is 4.79 Å². The molecule has 0 saturated carbocycles. The van der Waals surface area contributed by atoms with Gasteiger partial charge in [-0.1, -0.05) is 20.8 Å². The third-order valence-electron chi connectivity index (χ3n) is 3.60. The first-order valence-corrected chi connectivity index (χ1v) is 8.53. The number of rotatable bonds is 4. The van der Waals surface area contributed by atoms with Gasteiger partial charge in [-0.25, -0.2) is 0 Å². The van der Waals surface area contributed by atoms with Crippen molar-refractivity contribution in [3.63, 3.8) is 0 Å². The minimum atomic E-state index is -0.00111. The Morgan fingerprint density at radius 1 is 1.32 bits per heavy atom. The third kappa shape index (κ3) is 3.88. The van der Waals surface area contributed by atoms with E-state index >= 15 is 0 Å². The van der Waals surface area contributed by atoms with Crippen LogP contribution in [0.2, 0.25) is 0 Å². The molecule has 0 spiro atoms. The highest BCUT2D eigenvalue weighted by Gasteiger charge is 2.34. The van der Waals surface area contributed by atoms with Crippen molar-refractivity contribution in [1.82, 2.24) is 4.90 Å². The zero-order valence-corrected chi connectivity index (χ0v) is 14.8. The number of amides is 1. The maximum atomic E-state index is 12.6. The minimum absolute atomic E-state index is 0.00111. The van der Waals surface area contributed by atoms with Crippen LogP contribution in [-0.2, 0) is 4.79 Å². The summed E-state index contributed by atoms with van der Waals surface area (Å²) in [6.07, 6.45) is 0.558. The molecule has 1 amide bonds. The van der Waals surface area contributed by atoms with Gasteiger partial charge in [0.1, 0.15) is 16.9 Å². The molecular formula is C17H25NO3S. The summed E-state index contributed by atoms with van der Waals surface area (Å²) in [6.45, 7) is 7.07. The van der Waals surface area contributed by atoms with Gasteiger partial charge in [-0.15, -0.1) is 11.8 Å². The number of carbonyl (C=O) groups is 1. The Hall–Kier alpha value is -1.36. The summed E-state index contributed by atoms with van der Waals surface area (Å²) in [5.74, 6) is 2.69. The van der Waals surface area contributed by atoms with E-state index in [1.165, 1.54) is 0 Å². The summed E-state index contributed by atoms with van der Waals surface area (Å²) in [4.78, 5) is 14.6. The maximum absolute atomic E-state index is 12.6. The van der Waals surface area contributed by atoms with Crippen molar-refractivity contribution < 1.29 is 14.3 Å². The molecule has 1 heterocycles. The Morgan fingerprint density at radius 2 is 2.05 bits per heavy atom. The van der Waals surface area contributed by atoms with Crippen LogP contribution in [0.1, 0.15) is 38.1 Å². The van der Waals surface area contributed by atoms with Gasteiger partial charge in [0.05, 0.1) is 14.2 Å². The highest BCUT2D eigenvalue weighted by molar-refractivity contribution is 7.99. The molecule has 1 aromatic carbocycles. The van der Waals surface area contributed by atoms with Gasteiger partial charge in [0.25, 0.3) is 0 Å². The molecule has 0 aromatic heterocycles. The minimum Gasteiger partial charge on any atom is -0.497 e. The monoisotopic (exact) mass is 323 g/mol. The highest BCUT2D eigenvalue weighted by atomic mass is 32.2. The first kappa shape index (κ1) is 17.0. The van der Waals surface area contributed by atoms with E-state index in [1.807, 2.05) is 23.1 Å². The van der Waals surface area contributed by atoms with Crippen LogP contribution in [0.5, 0.6) is 11.5 Å². The van der Waals surface area contributed by atoms with Crippen molar-refractivity contribution >= 4 is 17.7 Å². The van der Waals surface area contributed by atoms with Crippen LogP contribution in [0.15, 0.2) is 18.2 Å². The van der Waals surface area contributed by atoms with E-state index in [1.54, 1.807) is 26.0 Å². The number of hydrogen-bond donors (Lipinski definition) is 0. The lowest BCUT2D eigenvalue weighted by Crippen LogP contribution is -2.33. The van der Waals surface area contributed by atoms with Gasteiger partial charge in [-0.2, -0.15) is 0 Å². The molecule has 0 unspecified atom stereocenters. The van der Waals surface area contributed by atoms with Crippen molar-refractivity contribution in [1.29, 1.82) is 0 Å². The lowest BCUT2D eigenvalue weighted by Gasteiger charge is -2.28. The molecule has 1 atom stereocenters. The second-order valence-electron chi connectivity index (χ2n) is 6.66. The average Bonchev–Trinajstić information content (AvgIpc) is 2.94. The van der Waals surface area contributed by atoms with Crippen molar-refractivity contribution in [3.8, 4) is 11.5 Å². The first-order valence-electron chi connectivity index (χ1n) is 7.49. The number of thioether (sulfide) groups is 1. The summed E-state index contributed by atoms with van der Waals surface area (Å²) < 4.78 is 10.7. The van der Waals surface area contributed by atoms with Crippen molar-refractivity contribution in [2.24, 2.45) is 5.41 Å². The second-order valence-corrected chi connectivity index (χ2v) is 7.84. The number of nitrogens with zero attached hydrogens (tertiary/aromatic N) is 1. The molecule has 1 saturated heterocycles. The van der Waals surface area contributed by atoms with Crippen molar-refractivity contribution in [3.05, 3.63) is 23.8 Å². The molecule has 0 bridgehead atoms. The van der Waals surface area contributed by atoms with Crippen LogP contribution in [0.25, 0.3) is 0 Å². The maximum Gasteiger partial charge on any atom is 0.224 e. The van der Waals surface area contributed by atoms with E-state index in [4.69, 9.17) is 9.47 Å². The molecule has 1 aliphatic rings. The zero-order valence-electron chi connectivity index (χ0n) is 14.0. The number of methoxy groups -OCH3 is 2. The van der Waals surface area contributed by atoms with Crippen LogP contribution >= 0.6 is 11.8 Å². The van der Waals surface area contributed by atoms with Crippen LogP contribution in [0, 0.1) is 5.41 Å². The molecule has 1 fully saturated rings. The molecular weight excluding hydrogens is 298 g/mol. The Labute approximate surface area is 137 Å². The van der Waals surface area contributed by atoms with Gasteiger partial charge in [-0.05, 0) is 17.5 Å².